The van der Waals surface area contributed by atoms with Crippen LogP contribution in [0.15, 0.2) is 0 Å². The maximum atomic E-state index is 5.74. The van der Waals surface area contributed by atoms with Gasteiger partial charge >= 0.3 is 15.6 Å². The van der Waals surface area contributed by atoms with Crippen LogP contribution < -0.4 is 0 Å². The van der Waals surface area contributed by atoms with E-state index < -0.39 is 0 Å². The highest BCUT2D eigenvalue weighted by atomic mass is 27.1. The molecule has 0 amide bonds. The van der Waals surface area contributed by atoms with Gasteiger partial charge in [-0.05, 0) is 6.42 Å². The number of unbranched alkanes of at least 4 members (excludes halogenated alkanes) is 17. The van der Waals surface area contributed by atoms with Crippen molar-refractivity contribution in [2.75, 3.05) is 6.61 Å². The molecule has 0 rings (SSSR count). The molecule has 25 heavy (non-hydrogen) atoms. The van der Waals surface area contributed by atoms with E-state index in [2.05, 4.69) is 13.8 Å². The second kappa shape index (κ2) is 24.5. The predicted molar refractivity (Wildman–Crippen MR) is 116 cm³/mol. The smallest absolute Gasteiger partial charge is 0.423 e. The van der Waals surface area contributed by atoms with Gasteiger partial charge in [0, 0.05) is 6.61 Å². The lowest BCUT2D eigenvalue weighted by Gasteiger charge is -2.04. The maximum absolute atomic E-state index is 5.74. The Morgan fingerprint density at radius 3 is 1.24 bits per heavy atom. The summed E-state index contributed by atoms with van der Waals surface area (Å²) in [5, 5.41) is 1.35. The van der Waals surface area contributed by atoms with E-state index in [9.17, 15) is 0 Å². The Morgan fingerprint density at radius 1 is 0.440 bits per heavy atom. The third kappa shape index (κ3) is 24.5. The van der Waals surface area contributed by atoms with Crippen molar-refractivity contribution in [2.45, 2.75) is 141 Å². The number of rotatable bonds is 22. The minimum atomic E-state index is 0.287. The Balaban J connectivity index is 2.94. The Kier molecular flexibility index (Phi) is 25.0. The summed E-state index contributed by atoms with van der Waals surface area (Å²) < 4.78 is 5.74. The lowest BCUT2D eigenvalue weighted by Crippen LogP contribution is -2.00. The molecule has 0 heterocycles. The highest BCUT2D eigenvalue weighted by molar-refractivity contribution is 6.26. The molecule has 1 nitrogen and oxygen atoms in total. The normalized spacial score (nSPS) is 11.1. The van der Waals surface area contributed by atoms with Crippen LogP contribution in [0.2, 0.25) is 5.28 Å². The molecule has 149 valence electrons. The molecule has 0 fully saturated rings. The van der Waals surface area contributed by atoms with Gasteiger partial charge in [0.2, 0.25) is 0 Å². The minimum absolute atomic E-state index is 0.287. The molecule has 2 heteroatoms. The Labute approximate surface area is 167 Å². The zero-order valence-corrected chi connectivity index (χ0v) is 19.0. The van der Waals surface area contributed by atoms with Gasteiger partial charge in [0.05, 0.1) is 0 Å². The Hall–Kier alpha value is 0.492. The molecule has 0 bridgehead atoms. The highest BCUT2D eigenvalue weighted by Crippen LogP contribution is 2.14. The summed E-state index contributed by atoms with van der Waals surface area (Å²) in [6.45, 7) is 5.57. The molecule has 0 saturated carbocycles. The molecule has 0 spiro atoms. The summed E-state index contributed by atoms with van der Waals surface area (Å²) in [6, 6.07) is 0. The van der Waals surface area contributed by atoms with Crippen LogP contribution in [0, 0.1) is 0 Å². The van der Waals surface area contributed by atoms with E-state index in [0.717, 1.165) is 6.61 Å². The molecule has 0 aliphatic rings. The van der Waals surface area contributed by atoms with Crippen molar-refractivity contribution < 1.29 is 3.79 Å². The monoisotopic (exact) mass is 367 g/mol. The zero-order chi connectivity index (χ0) is 18.3. The van der Waals surface area contributed by atoms with Crippen LogP contribution in [0.5, 0.6) is 0 Å². The van der Waals surface area contributed by atoms with Gasteiger partial charge in [-0.15, -0.1) is 0 Å². The van der Waals surface area contributed by atoms with Gasteiger partial charge in [0.1, 0.15) is 0 Å². The maximum Gasteiger partial charge on any atom is 0.423 e. The van der Waals surface area contributed by atoms with Gasteiger partial charge in [-0.3, -0.25) is 0 Å². The molecule has 1 radical (unpaired) electrons. The van der Waals surface area contributed by atoms with Crippen molar-refractivity contribution in [1.82, 2.24) is 0 Å². The fraction of sp³-hybridized carbons (Fsp3) is 1.00. The lowest BCUT2D eigenvalue weighted by molar-refractivity contribution is 0.321. The molecule has 0 aromatic heterocycles. The van der Waals surface area contributed by atoms with E-state index in [1.807, 2.05) is 0 Å². The molecule has 0 aromatic carbocycles. The van der Waals surface area contributed by atoms with Crippen molar-refractivity contribution >= 4 is 15.6 Å². The number of hydrogen-bond acceptors (Lipinski definition) is 1. The molecular formula is C23H48AlO. The van der Waals surface area contributed by atoms with Crippen LogP contribution in [0.25, 0.3) is 0 Å². The van der Waals surface area contributed by atoms with Crippen molar-refractivity contribution in [3.63, 3.8) is 0 Å². The second-order valence-electron chi connectivity index (χ2n) is 7.84. The Morgan fingerprint density at radius 2 is 0.800 bits per heavy atom. The van der Waals surface area contributed by atoms with Gasteiger partial charge in [0.25, 0.3) is 0 Å². The van der Waals surface area contributed by atoms with Gasteiger partial charge in [-0.2, -0.15) is 0 Å². The van der Waals surface area contributed by atoms with Crippen molar-refractivity contribution in [3.05, 3.63) is 0 Å². The molecule has 0 aliphatic heterocycles. The fourth-order valence-corrected chi connectivity index (χ4v) is 4.33. The minimum Gasteiger partial charge on any atom is -0.507 e. The summed E-state index contributed by atoms with van der Waals surface area (Å²) in [5.74, 6) is 0. The van der Waals surface area contributed by atoms with Crippen LogP contribution >= 0.6 is 0 Å². The first-order chi connectivity index (χ1) is 12.4. The molecule has 0 unspecified atom stereocenters. The summed E-state index contributed by atoms with van der Waals surface area (Å²) in [5.41, 5.74) is 0. The van der Waals surface area contributed by atoms with Gasteiger partial charge in [-0.1, -0.05) is 135 Å². The average Bonchev–Trinajstić information content (AvgIpc) is 2.63. The fourth-order valence-electron chi connectivity index (χ4n) is 3.38. The van der Waals surface area contributed by atoms with E-state index in [4.69, 9.17) is 3.79 Å². The summed E-state index contributed by atoms with van der Waals surface area (Å²) in [6.07, 6.45) is 27.2. The van der Waals surface area contributed by atoms with E-state index in [-0.39, 0.29) is 15.6 Å². The number of hydrogen-bond donors (Lipinski definition) is 0. The van der Waals surface area contributed by atoms with Crippen LogP contribution in [0.3, 0.4) is 0 Å². The van der Waals surface area contributed by atoms with Crippen LogP contribution in [0.1, 0.15) is 136 Å². The quantitative estimate of drug-likeness (QED) is 0.138. The molecule has 0 saturated heterocycles. The van der Waals surface area contributed by atoms with E-state index in [1.165, 1.54) is 127 Å². The largest absolute Gasteiger partial charge is 0.507 e. The Bertz CT molecular complexity index is 198. The van der Waals surface area contributed by atoms with E-state index >= 15 is 0 Å². The molecule has 0 aliphatic carbocycles. The molecule has 0 N–H and O–H groups in total. The van der Waals surface area contributed by atoms with Crippen LogP contribution in [-0.4, -0.2) is 22.2 Å². The van der Waals surface area contributed by atoms with E-state index in [1.54, 1.807) is 0 Å². The molecule has 0 aromatic rings. The van der Waals surface area contributed by atoms with E-state index in [0.29, 0.717) is 0 Å². The molecule has 0 atom stereocenters. The lowest BCUT2D eigenvalue weighted by atomic mass is 10.0. The first-order valence-corrected chi connectivity index (χ1v) is 13.1. The van der Waals surface area contributed by atoms with Gasteiger partial charge in [0.15, 0.2) is 0 Å². The van der Waals surface area contributed by atoms with Crippen LogP contribution in [-0.2, 0) is 3.79 Å². The van der Waals surface area contributed by atoms with Crippen molar-refractivity contribution in [2.24, 2.45) is 0 Å². The second-order valence-corrected chi connectivity index (χ2v) is 9.08. The van der Waals surface area contributed by atoms with Crippen molar-refractivity contribution in [3.8, 4) is 0 Å². The molecular weight excluding hydrogens is 319 g/mol. The topological polar surface area (TPSA) is 9.23 Å². The standard InChI is InChI=1S/C18H37.C5H11O.Al/c1-3-5-7-9-11-13-15-17-18-16-14-12-10-8-6-4-2;1-2-3-4-5-6;/h1,3-18H2,2H3;2-5H2,1H3;/q;-1;+1. The first-order valence-electron chi connectivity index (χ1n) is 11.8. The summed E-state index contributed by atoms with van der Waals surface area (Å²) in [4.78, 5) is 0. The van der Waals surface area contributed by atoms with Crippen LogP contribution in [0.4, 0.5) is 0 Å². The average molecular weight is 368 g/mol. The van der Waals surface area contributed by atoms with Crippen molar-refractivity contribution in [1.29, 1.82) is 0 Å². The van der Waals surface area contributed by atoms with Gasteiger partial charge < -0.3 is 3.79 Å². The van der Waals surface area contributed by atoms with Gasteiger partial charge in [-0.25, -0.2) is 0 Å². The third-order valence-electron chi connectivity index (χ3n) is 5.16. The third-order valence-corrected chi connectivity index (χ3v) is 6.27. The zero-order valence-electron chi connectivity index (χ0n) is 17.8. The highest BCUT2D eigenvalue weighted by Gasteiger charge is 1.97. The predicted octanol–water partition coefficient (Wildman–Crippen LogP) is 8.49. The summed E-state index contributed by atoms with van der Waals surface area (Å²) in [7, 11) is 0. The summed E-state index contributed by atoms with van der Waals surface area (Å²) >= 11 is 0.287. The first kappa shape index (κ1) is 25.5. The SMILES string of the molecule is CCCCCCCCCCCCCCCCC[CH2][Al][O]CCCCC.